The number of rotatable bonds is 3. The highest BCUT2D eigenvalue weighted by atomic mass is 19.1. The monoisotopic (exact) mass is 380 g/mol. The maximum atomic E-state index is 13.9. The molecule has 9 heteroatoms. The molecule has 1 unspecified atom stereocenters. The summed E-state index contributed by atoms with van der Waals surface area (Å²) >= 11 is 0. The lowest BCUT2D eigenvalue weighted by Gasteiger charge is -2.19. The van der Waals surface area contributed by atoms with Crippen molar-refractivity contribution in [2.45, 2.75) is 31.8 Å². The van der Waals surface area contributed by atoms with Gasteiger partial charge in [-0.2, -0.15) is 4.39 Å². The molecule has 0 saturated carbocycles. The largest absolute Gasteiger partial charge is 0.342 e. The van der Waals surface area contributed by atoms with Gasteiger partial charge in [0.2, 0.25) is 5.95 Å². The van der Waals surface area contributed by atoms with Gasteiger partial charge in [0.1, 0.15) is 12.2 Å². The highest BCUT2D eigenvalue weighted by Crippen LogP contribution is 2.24. The summed E-state index contributed by atoms with van der Waals surface area (Å²) in [4.78, 5) is 41.4. The van der Waals surface area contributed by atoms with Crippen molar-refractivity contribution in [2.24, 2.45) is 0 Å². The average Bonchev–Trinajstić information content (AvgIpc) is 2.92. The van der Waals surface area contributed by atoms with Gasteiger partial charge in [-0.1, -0.05) is 0 Å². The molecule has 1 N–H and O–H groups in total. The van der Waals surface area contributed by atoms with Crippen molar-refractivity contribution in [3.63, 3.8) is 0 Å². The van der Waals surface area contributed by atoms with Gasteiger partial charge in [0, 0.05) is 25.0 Å². The van der Waals surface area contributed by atoms with E-state index in [0.29, 0.717) is 30.2 Å². The molecular weight excluding hydrogens is 363 g/mol. The second-order valence-electron chi connectivity index (χ2n) is 6.45. The number of halogens is 1. The van der Waals surface area contributed by atoms with Crippen LogP contribution in [0.4, 0.5) is 4.39 Å². The van der Waals surface area contributed by atoms with E-state index in [4.69, 9.17) is 0 Å². The van der Waals surface area contributed by atoms with Crippen LogP contribution in [0.1, 0.15) is 41.5 Å². The number of hydrogen-bond donors (Lipinski definition) is 1. The molecule has 0 spiro atoms. The number of carbonyl (C=O) groups is 1. The number of nitrogens with one attached hydrogen (secondary N) is 1. The lowest BCUT2D eigenvalue weighted by molar-refractivity contribution is 0.0927. The number of pyridine rings is 1. The topological polar surface area (TPSA) is 103 Å². The Morgan fingerprint density at radius 3 is 2.86 bits per heavy atom. The van der Waals surface area contributed by atoms with Gasteiger partial charge in [-0.05, 0) is 37.5 Å². The number of nitrogens with zero attached hydrogens (tertiary/aromatic N) is 5. The first kappa shape index (κ1) is 17.9. The van der Waals surface area contributed by atoms with Crippen molar-refractivity contribution in [2.75, 3.05) is 0 Å². The molecule has 1 amide bonds. The maximum absolute atomic E-state index is 13.9. The Hall–Kier alpha value is -3.49. The zero-order chi connectivity index (χ0) is 19.5. The third-order valence-corrected chi connectivity index (χ3v) is 4.63. The van der Waals surface area contributed by atoms with E-state index < -0.39 is 17.9 Å². The van der Waals surface area contributed by atoms with Crippen molar-refractivity contribution in [3.8, 4) is 11.4 Å². The number of amides is 1. The Balaban J connectivity index is 1.73. The Morgan fingerprint density at radius 2 is 2.07 bits per heavy atom. The first-order valence-corrected chi connectivity index (χ1v) is 8.93. The molecule has 28 heavy (non-hydrogen) atoms. The summed E-state index contributed by atoms with van der Waals surface area (Å²) in [6.45, 7) is 0.513. The van der Waals surface area contributed by atoms with Gasteiger partial charge in [-0.25, -0.2) is 19.9 Å². The predicted octanol–water partition coefficient (Wildman–Crippen LogP) is 1.89. The summed E-state index contributed by atoms with van der Waals surface area (Å²) in [7, 11) is 0. The van der Waals surface area contributed by atoms with Gasteiger partial charge in [-0.3, -0.25) is 14.2 Å². The molecule has 3 aromatic heterocycles. The third kappa shape index (κ3) is 3.51. The average molecular weight is 380 g/mol. The van der Waals surface area contributed by atoms with Crippen LogP contribution in [-0.4, -0.2) is 30.4 Å². The quantitative estimate of drug-likeness (QED) is 0.696. The fourth-order valence-electron chi connectivity index (χ4n) is 3.26. The maximum Gasteiger partial charge on any atom is 0.256 e. The fraction of sp³-hybridized carbons (Fsp3) is 0.263. The molecule has 4 heterocycles. The SMILES string of the molecule is O=C(NC1CCCCn2c1nc(-c1ccncn1)cc2=O)c1cccnc1F. The van der Waals surface area contributed by atoms with Crippen LogP contribution < -0.4 is 10.9 Å². The van der Waals surface area contributed by atoms with Gasteiger partial charge >= 0.3 is 0 Å². The molecule has 0 aromatic carbocycles. The van der Waals surface area contributed by atoms with Crippen LogP contribution in [0.5, 0.6) is 0 Å². The van der Waals surface area contributed by atoms with Gasteiger partial charge in [0.15, 0.2) is 0 Å². The van der Waals surface area contributed by atoms with E-state index in [1.165, 1.54) is 30.7 Å². The molecule has 0 saturated heterocycles. The van der Waals surface area contributed by atoms with Crippen molar-refractivity contribution in [3.05, 3.63) is 70.7 Å². The molecule has 3 aromatic rings. The first-order valence-electron chi connectivity index (χ1n) is 8.93. The van der Waals surface area contributed by atoms with E-state index in [1.807, 2.05) is 0 Å². The molecule has 0 fully saturated rings. The van der Waals surface area contributed by atoms with Crippen LogP contribution in [-0.2, 0) is 6.54 Å². The molecule has 0 bridgehead atoms. The molecule has 4 rings (SSSR count). The molecule has 8 nitrogen and oxygen atoms in total. The standard InChI is InChI=1S/C19H17FN6O2/c20-17-12(4-3-7-22-17)19(28)25-14-5-1-2-9-26-16(27)10-15(24-18(14)26)13-6-8-21-11-23-13/h3-4,6-8,10-11,14H,1-2,5,9H2,(H,25,28). The van der Waals surface area contributed by atoms with Crippen LogP contribution in [0, 0.1) is 5.95 Å². The Bertz CT molecular complexity index is 1070. The molecular formula is C19H17FN6O2. The summed E-state index contributed by atoms with van der Waals surface area (Å²) in [5.41, 5.74) is 0.565. The lowest BCUT2D eigenvalue weighted by Crippen LogP contribution is -2.34. The van der Waals surface area contributed by atoms with E-state index in [9.17, 15) is 14.0 Å². The summed E-state index contributed by atoms with van der Waals surface area (Å²) in [5, 5.41) is 2.80. The van der Waals surface area contributed by atoms with E-state index in [2.05, 4.69) is 25.3 Å². The van der Waals surface area contributed by atoms with Crippen LogP contribution in [0.2, 0.25) is 0 Å². The van der Waals surface area contributed by atoms with E-state index >= 15 is 0 Å². The summed E-state index contributed by atoms with van der Waals surface area (Å²) in [6.07, 6.45) is 6.40. The van der Waals surface area contributed by atoms with Crippen molar-refractivity contribution >= 4 is 5.91 Å². The summed E-state index contributed by atoms with van der Waals surface area (Å²) in [6, 6.07) is 5.43. The van der Waals surface area contributed by atoms with Gasteiger partial charge in [0.25, 0.3) is 11.5 Å². The molecule has 1 aliphatic rings. The van der Waals surface area contributed by atoms with Crippen molar-refractivity contribution < 1.29 is 9.18 Å². The second-order valence-corrected chi connectivity index (χ2v) is 6.45. The zero-order valence-electron chi connectivity index (χ0n) is 14.9. The molecule has 1 atom stereocenters. The Labute approximate surface area is 159 Å². The van der Waals surface area contributed by atoms with E-state index in [0.717, 1.165) is 12.8 Å². The molecule has 1 aliphatic heterocycles. The zero-order valence-corrected chi connectivity index (χ0v) is 14.9. The number of aromatic nitrogens is 5. The van der Waals surface area contributed by atoms with Crippen LogP contribution in [0.25, 0.3) is 11.4 Å². The first-order chi connectivity index (χ1) is 13.6. The number of carbonyl (C=O) groups excluding carboxylic acids is 1. The van der Waals surface area contributed by atoms with Gasteiger partial charge < -0.3 is 5.32 Å². The molecule has 0 radical (unpaired) electrons. The summed E-state index contributed by atoms with van der Waals surface area (Å²) in [5.74, 6) is -0.990. The summed E-state index contributed by atoms with van der Waals surface area (Å²) < 4.78 is 15.4. The minimum Gasteiger partial charge on any atom is -0.342 e. The second kappa shape index (κ2) is 7.63. The lowest BCUT2D eigenvalue weighted by atomic mass is 10.1. The predicted molar refractivity (Wildman–Crippen MR) is 97.8 cm³/mol. The highest BCUT2D eigenvalue weighted by Gasteiger charge is 2.25. The third-order valence-electron chi connectivity index (χ3n) is 4.63. The fourth-order valence-corrected chi connectivity index (χ4v) is 3.26. The van der Waals surface area contributed by atoms with E-state index in [-0.39, 0.29) is 11.1 Å². The normalized spacial score (nSPS) is 16.1. The van der Waals surface area contributed by atoms with Crippen LogP contribution >= 0.6 is 0 Å². The van der Waals surface area contributed by atoms with Crippen molar-refractivity contribution in [1.29, 1.82) is 0 Å². The van der Waals surface area contributed by atoms with Crippen LogP contribution in [0.15, 0.2) is 47.8 Å². The highest BCUT2D eigenvalue weighted by molar-refractivity contribution is 5.94. The number of hydrogen-bond acceptors (Lipinski definition) is 6. The van der Waals surface area contributed by atoms with Crippen molar-refractivity contribution in [1.82, 2.24) is 29.8 Å². The molecule has 142 valence electrons. The Kier molecular flexibility index (Phi) is 4.88. The molecule has 0 aliphatic carbocycles. The van der Waals surface area contributed by atoms with Gasteiger partial charge in [0.05, 0.1) is 23.0 Å². The smallest absolute Gasteiger partial charge is 0.256 e. The van der Waals surface area contributed by atoms with Gasteiger partial charge in [-0.15, -0.1) is 0 Å². The minimum absolute atomic E-state index is 0.146. The van der Waals surface area contributed by atoms with Crippen LogP contribution in [0.3, 0.4) is 0 Å². The van der Waals surface area contributed by atoms with E-state index in [1.54, 1.807) is 16.8 Å². The Morgan fingerprint density at radius 1 is 1.18 bits per heavy atom. The minimum atomic E-state index is -0.839. The number of fused-ring (bicyclic) bond motifs is 1.